The number of hydrogen-bond donors (Lipinski definition) is 1. The number of carbonyl (C=O) groups is 1. The predicted molar refractivity (Wildman–Crippen MR) is 135 cm³/mol. The number of fused-ring (bicyclic) bond motifs is 1. The van der Waals surface area contributed by atoms with Crippen LogP contribution in [-0.2, 0) is 4.79 Å². The van der Waals surface area contributed by atoms with E-state index in [0.717, 1.165) is 50.5 Å². The molecule has 2 heterocycles. The molecule has 0 radical (unpaired) electrons. The van der Waals surface area contributed by atoms with Gasteiger partial charge in [-0.15, -0.1) is 6.58 Å². The van der Waals surface area contributed by atoms with Crippen LogP contribution in [0.3, 0.4) is 0 Å². The van der Waals surface area contributed by atoms with Crippen LogP contribution >= 0.6 is 11.5 Å². The van der Waals surface area contributed by atoms with Gasteiger partial charge in [-0.3, -0.25) is 9.69 Å². The Kier molecular flexibility index (Phi) is 7.69. The highest BCUT2D eigenvalue weighted by Gasteiger charge is 2.22. The zero-order chi connectivity index (χ0) is 22.2. The number of nitrogens with zero attached hydrogens (tertiary/aromatic N) is 3. The molecule has 0 unspecified atom stereocenters. The molecule has 1 saturated heterocycles. The number of aromatic nitrogens is 1. The molecule has 3 aromatic rings. The average Bonchev–Trinajstić information content (AvgIpc) is 3.27. The number of amides is 1. The summed E-state index contributed by atoms with van der Waals surface area (Å²) in [5.74, 6) is 1.43. The zero-order valence-electron chi connectivity index (χ0n) is 18.3. The van der Waals surface area contributed by atoms with Crippen molar-refractivity contribution in [3.63, 3.8) is 0 Å². The topological polar surface area (TPSA) is 48.5 Å². The van der Waals surface area contributed by atoms with Gasteiger partial charge in [0, 0.05) is 50.7 Å². The second kappa shape index (κ2) is 11.1. The minimum atomic E-state index is -0.0548. The maximum atomic E-state index is 12.1. The summed E-state index contributed by atoms with van der Waals surface area (Å²) < 4.78 is 5.95. The van der Waals surface area contributed by atoms with Crippen molar-refractivity contribution >= 4 is 39.4 Å². The molecule has 2 aromatic carbocycles. The van der Waals surface area contributed by atoms with Crippen LogP contribution in [0, 0.1) is 5.92 Å². The molecule has 1 amide bonds. The molecule has 0 saturated carbocycles. The van der Waals surface area contributed by atoms with Crippen molar-refractivity contribution in [2.24, 2.45) is 5.92 Å². The largest absolute Gasteiger partial charge is 0.353 e. The second-order valence-corrected chi connectivity index (χ2v) is 8.91. The van der Waals surface area contributed by atoms with Crippen LogP contribution in [0.1, 0.15) is 12.0 Å². The summed E-state index contributed by atoms with van der Waals surface area (Å²) in [5, 5.41) is 4.25. The Hall–Kier alpha value is -2.96. The molecule has 6 heteroatoms. The molecule has 4 rings (SSSR count). The van der Waals surface area contributed by atoms with Crippen LogP contribution in [0.4, 0.5) is 5.82 Å². The van der Waals surface area contributed by atoms with E-state index < -0.39 is 0 Å². The second-order valence-electron chi connectivity index (χ2n) is 8.11. The summed E-state index contributed by atoms with van der Waals surface area (Å²) in [7, 11) is 0. The highest BCUT2D eigenvalue weighted by molar-refractivity contribution is 7.13. The minimum absolute atomic E-state index is 0.0548. The summed E-state index contributed by atoms with van der Waals surface area (Å²) in [5.41, 5.74) is 1.02. The van der Waals surface area contributed by atoms with Gasteiger partial charge in [0.25, 0.3) is 0 Å². The van der Waals surface area contributed by atoms with Gasteiger partial charge in [0.1, 0.15) is 5.82 Å². The molecule has 0 spiro atoms. The van der Waals surface area contributed by atoms with Gasteiger partial charge in [0.2, 0.25) is 5.91 Å². The number of nitrogens with one attached hydrogen (secondary N) is 1. The molecule has 1 aromatic heterocycles. The summed E-state index contributed by atoms with van der Waals surface area (Å²) in [6.45, 7) is 9.65. The Morgan fingerprint density at radius 2 is 1.84 bits per heavy atom. The number of hydrogen-bond acceptors (Lipinski definition) is 5. The Morgan fingerprint density at radius 1 is 1.09 bits per heavy atom. The molecule has 1 atom stereocenters. The van der Waals surface area contributed by atoms with E-state index in [9.17, 15) is 4.79 Å². The van der Waals surface area contributed by atoms with E-state index in [1.165, 1.54) is 10.1 Å². The third kappa shape index (κ3) is 5.84. The lowest BCUT2D eigenvalue weighted by Gasteiger charge is -2.36. The fraction of sp³-hybridized carbons (Fsp3) is 0.308. The molecule has 5 nitrogen and oxygen atoms in total. The van der Waals surface area contributed by atoms with E-state index >= 15 is 0 Å². The van der Waals surface area contributed by atoms with Crippen molar-refractivity contribution < 1.29 is 4.79 Å². The first-order valence-corrected chi connectivity index (χ1v) is 12.0. The predicted octanol–water partition coefficient (Wildman–Crippen LogP) is 4.44. The summed E-state index contributed by atoms with van der Waals surface area (Å²) in [4.78, 5) is 17.0. The Bertz CT molecular complexity index is 1050. The van der Waals surface area contributed by atoms with Crippen LogP contribution in [-0.4, -0.2) is 54.4 Å². The first kappa shape index (κ1) is 22.2. The molecule has 32 heavy (non-hydrogen) atoms. The zero-order valence-corrected chi connectivity index (χ0v) is 19.1. The molecular formula is C26H30N4OS. The summed E-state index contributed by atoms with van der Waals surface area (Å²) in [6.07, 6.45) is 6.35. The Labute approximate surface area is 194 Å². The van der Waals surface area contributed by atoms with Crippen molar-refractivity contribution in [2.75, 3.05) is 44.2 Å². The molecule has 1 aliphatic rings. The van der Waals surface area contributed by atoms with E-state index in [1.807, 2.05) is 42.5 Å². The Balaban J connectivity index is 1.19. The molecule has 1 N–H and O–H groups in total. The summed E-state index contributed by atoms with van der Waals surface area (Å²) in [6, 6.07) is 18.3. The van der Waals surface area contributed by atoms with Gasteiger partial charge < -0.3 is 10.2 Å². The monoisotopic (exact) mass is 446 g/mol. The van der Waals surface area contributed by atoms with Gasteiger partial charge in [-0.05, 0) is 47.6 Å². The van der Waals surface area contributed by atoms with Crippen LogP contribution in [0.5, 0.6) is 0 Å². The van der Waals surface area contributed by atoms with Gasteiger partial charge in [-0.1, -0.05) is 48.5 Å². The highest BCUT2D eigenvalue weighted by Crippen LogP contribution is 2.29. The highest BCUT2D eigenvalue weighted by atomic mass is 32.1. The molecule has 166 valence electrons. The van der Waals surface area contributed by atoms with Gasteiger partial charge >= 0.3 is 0 Å². The molecule has 0 bridgehead atoms. The smallest absolute Gasteiger partial charge is 0.243 e. The maximum Gasteiger partial charge on any atom is 0.243 e. The summed E-state index contributed by atoms with van der Waals surface area (Å²) >= 11 is 1.58. The number of carbonyl (C=O) groups excluding carboxylic acids is 1. The van der Waals surface area contributed by atoms with Gasteiger partial charge in [-0.2, -0.15) is 4.37 Å². The number of rotatable bonds is 9. The van der Waals surface area contributed by atoms with Crippen molar-refractivity contribution in [1.29, 1.82) is 0 Å². The fourth-order valence-corrected chi connectivity index (χ4v) is 4.83. The first-order chi connectivity index (χ1) is 15.7. The molecule has 1 fully saturated rings. The van der Waals surface area contributed by atoms with Gasteiger partial charge in [0.15, 0.2) is 0 Å². The van der Waals surface area contributed by atoms with E-state index in [0.29, 0.717) is 12.5 Å². The van der Waals surface area contributed by atoms with Gasteiger partial charge in [-0.25, -0.2) is 0 Å². The minimum Gasteiger partial charge on any atom is -0.353 e. The van der Waals surface area contributed by atoms with E-state index in [2.05, 4.69) is 46.0 Å². The molecule has 1 aliphatic heterocycles. The normalized spacial score (nSPS) is 15.8. The van der Waals surface area contributed by atoms with Gasteiger partial charge in [0.05, 0.1) is 4.70 Å². The van der Waals surface area contributed by atoms with Crippen LogP contribution < -0.4 is 10.2 Å². The lowest BCUT2D eigenvalue weighted by Crippen LogP contribution is -2.48. The number of piperazine rings is 1. The quantitative estimate of drug-likeness (QED) is 0.390. The molecule has 0 aliphatic carbocycles. The standard InChI is InChI=1S/C26H30N4OS/c1-2-21(14-15-27-25(31)13-12-22-8-4-3-5-9-22)20-29-16-18-30(19-17-29)26-23-10-6-7-11-24(23)32-28-26/h2-13,21H,1,14-20H2,(H,27,31)/b13-12+/t21-/m0/s1. The molecular weight excluding hydrogens is 416 g/mol. The van der Waals surface area contributed by atoms with Crippen molar-refractivity contribution in [1.82, 2.24) is 14.6 Å². The first-order valence-electron chi connectivity index (χ1n) is 11.2. The fourth-order valence-electron chi connectivity index (χ4n) is 4.03. The third-order valence-electron chi connectivity index (χ3n) is 5.90. The average molecular weight is 447 g/mol. The Morgan fingerprint density at radius 3 is 2.62 bits per heavy atom. The van der Waals surface area contributed by atoms with E-state index in [-0.39, 0.29) is 5.91 Å². The maximum absolute atomic E-state index is 12.1. The van der Waals surface area contributed by atoms with E-state index in [1.54, 1.807) is 17.6 Å². The lowest BCUT2D eigenvalue weighted by molar-refractivity contribution is -0.116. The van der Waals surface area contributed by atoms with Crippen LogP contribution in [0.2, 0.25) is 0 Å². The SMILES string of the molecule is C=C[C@@H](CCNC(=O)/C=C/c1ccccc1)CN1CCN(c2nsc3ccccc23)CC1. The van der Waals surface area contributed by atoms with E-state index in [4.69, 9.17) is 4.37 Å². The van der Waals surface area contributed by atoms with Crippen molar-refractivity contribution in [3.8, 4) is 0 Å². The van der Waals surface area contributed by atoms with Crippen molar-refractivity contribution in [3.05, 3.63) is 78.9 Å². The number of benzene rings is 2. The van der Waals surface area contributed by atoms with Crippen molar-refractivity contribution in [2.45, 2.75) is 6.42 Å². The van der Waals surface area contributed by atoms with Crippen LogP contribution in [0.25, 0.3) is 16.2 Å². The lowest BCUT2D eigenvalue weighted by atomic mass is 10.0. The number of anilines is 1. The third-order valence-corrected chi connectivity index (χ3v) is 6.71. The van der Waals surface area contributed by atoms with Crippen LogP contribution in [0.15, 0.2) is 73.3 Å².